The van der Waals surface area contributed by atoms with E-state index in [0.717, 1.165) is 127 Å². The fourth-order valence-electron chi connectivity index (χ4n) is 20.6. The number of halogens is 1. The van der Waals surface area contributed by atoms with Crippen molar-refractivity contribution in [3.8, 4) is 0 Å². The smallest absolute Gasteiger partial charge is 0.143 e. The lowest BCUT2D eigenvalue weighted by Gasteiger charge is -2.50. The van der Waals surface area contributed by atoms with Gasteiger partial charge in [0.25, 0.3) is 0 Å². The standard InChI is InChI=1S/C56H93FN4/c57-42-13-10-14-44(35-42)61-52-20-9-6-16-46(52)49-34-41(28-32-54(49)61)37-23-21-36(22-24-37)40-27-31-53-48(33-40)45-15-5-8-19-51(45)60(53)43-29-25-39(26-30-43)56-58-50-18-7-4-17-47(50)55(59-56)38-11-2-1-3-12-38/h36-56,58-59H,1-35H2/p+1. The topological polar surface area (TPSA) is 35.1 Å². The zero-order chi connectivity index (χ0) is 40.4. The molecule has 0 radical (unpaired) electrons. The van der Waals surface area contributed by atoms with Crippen LogP contribution in [0.2, 0.25) is 0 Å². The van der Waals surface area contributed by atoms with Gasteiger partial charge in [-0.2, -0.15) is 0 Å². The molecule has 12 aliphatic rings. The molecule has 0 aromatic rings. The molecule has 0 aromatic carbocycles. The van der Waals surface area contributed by atoms with Crippen LogP contribution in [0.25, 0.3) is 0 Å². The maximum absolute atomic E-state index is 14.8. The Hall–Kier alpha value is -0.230. The molecule has 3 N–H and O–H groups in total. The van der Waals surface area contributed by atoms with Crippen molar-refractivity contribution in [2.75, 3.05) is 0 Å². The highest BCUT2D eigenvalue weighted by atomic mass is 19.1. The van der Waals surface area contributed by atoms with Crippen LogP contribution in [0.15, 0.2) is 0 Å². The summed E-state index contributed by atoms with van der Waals surface area (Å²) in [5.41, 5.74) is 0. The van der Waals surface area contributed by atoms with Crippen molar-refractivity contribution in [3.05, 3.63) is 0 Å². The largest absolute Gasteiger partial charge is 0.328 e. The molecule has 61 heavy (non-hydrogen) atoms. The van der Waals surface area contributed by atoms with E-state index in [1.165, 1.54) is 154 Å². The van der Waals surface area contributed by atoms with Crippen molar-refractivity contribution in [1.82, 2.24) is 15.1 Å². The summed E-state index contributed by atoms with van der Waals surface area (Å²) in [5.74, 6) is 10.8. The summed E-state index contributed by atoms with van der Waals surface area (Å²) >= 11 is 0. The molecule has 5 heteroatoms. The summed E-state index contributed by atoms with van der Waals surface area (Å²) in [7, 11) is 0. The fourth-order valence-corrected chi connectivity index (χ4v) is 20.6. The molecule has 3 aliphatic heterocycles. The Labute approximate surface area is 374 Å². The molecule has 16 unspecified atom stereocenters. The Morgan fingerprint density at radius 3 is 1.48 bits per heavy atom. The van der Waals surface area contributed by atoms with E-state index in [4.69, 9.17) is 0 Å². The van der Waals surface area contributed by atoms with Crippen LogP contribution in [0, 0.1) is 65.1 Å². The van der Waals surface area contributed by atoms with Crippen LogP contribution < -0.4 is 10.6 Å². The molecule has 9 saturated carbocycles. The highest BCUT2D eigenvalue weighted by molar-refractivity contribution is 5.09. The average Bonchev–Trinajstić information content (AvgIpc) is 3.84. The van der Waals surface area contributed by atoms with E-state index < -0.39 is 6.17 Å². The molecular weight excluding hydrogens is 748 g/mol. The second-order valence-electron chi connectivity index (χ2n) is 25.6. The van der Waals surface area contributed by atoms with Gasteiger partial charge in [0.2, 0.25) is 0 Å². The lowest BCUT2D eigenvalue weighted by molar-refractivity contribution is -0.752. The second-order valence-corrected chi connectivity index (χ2v) is 25.6. The number of likely N-dealkylation sites (tertiary alicyclic amines) is 2. The first-order chi connectivity index (χ1) is 30.1. The molecule has 0 amide bonds. The van der Waals surface area contributed by atoms with Gasteiger partial charge in [-0.15, -0.1) is 0 Å². The van der Waals surface area contributed by atoms with E-state index in [1.807, 2.05) is 0 Å². The minimum Gasteiger partial charge on any atom is -0.328 e. The summed E-state index contributed by atoms with van der Waals surface area (Å²) < 4.78 is 14.8. The zero-order valence-electron chi connectivity index (χ0n) is 39.2. The maximum atomic E-state index is 14.8. The van der Waals surface area contributed by atoms with Crippen molar-refractivity contribution >= 4 is 0 Å². The molecular formula is C56H94FN4+. The number of quaternary nitrogens is 1. The van der Waals surface area contributed by atoms with Crippen LogP contribution in [-0.4, -0.2) is 70.5 Å². The molecule has 0 bridgehead atoms. The van der Waals surface area contributed by atoms with E-state index in [0.29, 0.717) is 12.2 Å². The molecule has 3 heterocycles. The van der Waals surface area contributed by atoms with Crippen LogP contribution in [-0.2, 0) is 0 Å². The van der Waals surface area contributed by atoms with Gasteiger partial charge in [0.1, 0.15) is 12.3 Å². The SMILES string of the molecule is FC1CCCC(N2C3CCCCC3C3CC(C4CCC(C5CCC6C(C5)C5CCCCC5N6C5CCC(C6NC(C7CCCCC7)C7CCCCC7[NH2+]6)CC5)CC4)CCC32)C1. The Morgan fingerprint density at radius 2 is 0.852 bits per heavy atom. The van der Waals surface area contributed by atoms with Crippen LogP contribution in [0.5, 0.6) is 0 Å². The van der Waals surface area contributed by atoms with Crippen LogP contribution >= 0.6 is 0 Å². The molecule has 4 nitrogen and oxygen atoms in total. The molecule has 12 rings (SSSR count). The third-order valence-corrected chi connectivity index (χ3v) is 23.2. The molecule has 0 spiro atoms. The number of nitrogens with zero attached hydrogens (tertiary/aromatic N) is 2. The summed E-state index contributed by atoms with van der Waals surface area (Å²) in [4.78, 5) is 6.35. The summed E-state index contributed by atoms with van der Waals surface area (Å²) in [6, 6.07) is 6.64. The Balaban J connectivity index is 0.654. The average molecular weight is 842 g/mol. The lowest BCUT2D eigenvalue weighted by atomic mass is 9.61. The van der Waals surface area contributed by atoms with Gasteiger partial charge in [-0.1, -0.05) is 51.4 Å². The normalized spacial score (nSPS) is 52.7. The number of hydrogen-bond acceptors (Lipinski definition) is 3. The predicted octanol–water partition coefficient (Wildman–Crippen LogP) is 12.0. The van der Waals surface area contributed by atoms with Gasteiger partial charge in [-0.3, -0.25) is 15.1 Å². The van der Waals surface area contributed by atoms with Crippen molar-refractivity contribution < 1.29 is 9.71 Å². The van der Waals surface area contributed by atoms with E-state index in [-0.39, 0.29) is 0 Å². The van der Waals surface area contributed by atoms with Gasteiger partial charge in [0.05, 0.1) is 6.04 Å². The number of alkyl halides is 1. The van der Waals surface area contributed by atoms with Gasteiger partial charge in [-0.25, -0.2) is 4.39 Å². The number of fused-ring (bicyclic) bond motifs is 7. The van der Waals surface area contributed by atoms with E-state index in [2.05, 4.69) is 20.4 Å². The molecule has 16 atom stereocenters. The van der Waals surface area contributed by atoms with Gasteiger partial charge in [-0.05, 0) is 227 Å². The first-order valence-electron chi connectivity index (χ1n) is 28.9. The number of nitrogens with two attached hydrogens (primary N) is 1. The van der Waals surface area contributed by atoms with Gasteiger partial charge in [0, 0.05) is 54.1 Å². The Kier molecular flexibility index (Phi) is 12.7. The van der Waals surface area contributed by atoms with Crippen molar-refractivity contribution in [3.63, 3.8) is 0 Å². The molecule has 0 aromatic heterocycles. The lowest BCUT2D eigenvalue weighted by Crippen LogP contribution is -3.04. The molecule has 12 fully saturated rings. The van der Waals surface area contributed by atoms with Gasteiger partial charge < -0.3 is 5.32 Å². The van der Waals surface area contributed by atoms with Gasteiger partial charge in [0.15, 0.2) is 0 Å². The summed E-state index contributed by atoms with van der Waals surface area (Å²) in [5, 5.41) is 7.40. The van der Waals surface area contributed by atoms with E-state index >= 15 is 0 Å². The monoisotopic (exact) mass is 842 g/mol. The summed E-state index contributed by atoms with van der Waals surface area (Å²) in [6.07, 6.45) is 51.0. The highest BCUT2D eigenvalue weighted by Crippen LogP contribution is 2.57. The second kappa shape index (κ2) is 18.5. The summed E-state index contributed by atoms with van der Waals surface area (Å²) in [6.45, 7) is 0. The van der Waals surface area contributed by atoms with E-state index in [1.54, 1.807) is 51.4 Å². The molecule has 344 valence electrons. The third-order valence-electron chi connectivity index (χ3n) is 23.2. The van der Waals surface area contributed by atoms with Crippen molar-refractivity contribution in [2.45, 2.75) is 285 Å². The van der Waals surface area contributed by atoms with Crippen LogP contribution in [0.3, 0.4) is 0 Å². The quantitative estimate of drug-likeness (QED) is 0.280. The van der Waals surface area contributed by atoms with Crippen molar-refractivity contribution in [2.24, 2.45) is 65.1 Å². The zero-order valence-corrected chi connectivity index (χ0v) is 39.2. The maximum Gasteiger partial charge on any atom is 0.143 e. The number of hydrogen-bond donors (Lipinski definition) is 2. The minimum absolute atomic E-state index is 0.533. The Morgan fingerprint density at radius 1 is 0.344 bits per heavy atom. The highest BCUT2D eigenvalue weighted by Gasteiger charge is 2.57. The number of rotatable bonds is 6. The number of nitrogens with one attached hydrogen (secondary N) is 1. The Bertz CT molecular complexity index is 1430. The first kappa shape index (κ1) is 42.1. The third kappa shape index (κ3) is 8.12. The van der Waals surface area contributed by atoms with Crippen molar-refractivity contribution in [1.29, 1.82) is 0 Å². The fraction of sp³-hybridized carbons (Fsp3) is 1.00. The van der Waals surface area contributed by atoms with Gasteiger partial charge >= 0.3 is 0 Å². The molecule has 3 saturated heterocycles. The van der Waals surface area contributed by atoms with E-state index in [9.17, 15) is 4.39 Å². The predicted molar refractivity (Wildman–Crippen MR) is 248 cm³/mol. The molecule has 9 aliphatic carbocycles. The minimum atomic E-state index is -0.533. The van der Waals surface area contributed by atoms with Crippen LogP contribution in [0.4, 0.5) is 4.39 Å². The van der Waals surface area contributed by atoms with Crippen LogP contribution in [0.1, 0.15) is 225 Å². The first-order valence-corrected chi connectivity index (χ1v) is 28.9.